The van der Waals surface area contributed by atoms with Crippen LogP contribution in [0, 0.1) is 17.5 Å². The van der Waals surface area contributed by atoms with Gasteiger partial charge in [-0.25, -0.2) is 18.2 Å². The molecule has 1 aromatic carbocycles. The molecule has 0 fully saturated rings. The van der Waals surface area contributed by atoms with Gasteiger partial charge in [0.2, 0.25) is 0 Å². The highest BCUT2D eigenvalue weighted by Crippen LogP contribution is 2.21. The summed E-state index contributed by atoms with van der Waals surface area (Å²) in [6, 6.07) is 3.82. The van der Waals surface area contributed by atoms with Crippen LogP contribution in [0.4, 0.5) is 24.7 Å². The van der Waals surface area contributed by atoms with Crippen molar-refractivity contribution < 1.29 is 13.2 Å². The lowest BCUT2D eigenvalue weighted by molar-refractivity contribution is 0.584. The second-order valence-electron chi connectivity index (χ2n) is 3.27. The minimum Gasteiger partial charge on any atom is -0.338 e. The zero-order valence-electron chi connectivity index (χ0n) is 8.35. The van der Waals surface area contributed by atoms with E-state index in [2.05, 4.69) is 10.3 Å². The molecule has 1 heterocycles. The Kier molecular flexibility index (Phi) is 3.19. The molecule has 0 saturated heterocycles. The van der Waals surface area contributed by atoms with Gasteiger partial charge in [-0.2, -0.15) is 0 Å². The normalized spacial score (nSPS) is 10.4. The van der Waals surface area contributed by atoms with Gasteiger partial charge in [-0.1, -0.05) is 11.6 Å². The van der Waals surface area contributed by atoms with Crippen molar-refractivity contribution in [2.24, 2.45) is 0 Å². The van der Waals surface area contributed by atoms with Gasteiger partial charge in [-0.3, -0.25) is 0 Å². The molecule has 2 aromatic rings. The highest BCUT2D eigenvalue weighted by molar-refractivity contribution is 6.30. The maximum absolute atomic E-state index is 13.3. The summed E-state index contributed by atoms with van der Waals surface area (Å²) in [4.78, 5) is 3.67. The lowest BCUT2D eigenvalue weighted by atomic mass is 10.3. The topological polar surface area (TPSA) is 24.9 Å². The summed E-state index contributed by atoms with van der Waals surface area (Å²) in [5, 5.41) is 2.59. The molecule has 17 heavy (non-hydrogen) atoms. The largest absolute Gasteiger partial charge is 0.338 e. The minimum absolute atomic E-state index is 0.0659. The monoisotopic (exact) mass is 258 g/mol. The van der Waals surface area contributed by atoms with Gasteiger partial charge in [-0.05, 0) is 18.2 Å². The number of halogens is 4. The van der Waals surface area contributed by atoms with Crippen LogP contribution in [0.15, 0.2) is 30.5 Å². The number of nitrogens with one attached hydrogen (secondary N) is 1. The number of anilines is 2. The Morgan fingerprint density at radius 3 is 2.24 bits per heavy atom. The van der Waals surface area contributed by atoms with E-state index in [4.69, 9.17) is 11.6 Å². The fraction of sp³-hybridized carbons (Fsp3) is 0. The molecule has 1 N–H and O–H groups in total. The molecule has 0 saturated carbocycles. The van der Waals surface area contributed by atoms with Crippen LogP contribution in [-0.4, -0.2) is 4.98 Å². The third-order valence-corrected chi connectivity index (χ3v) is 2.14. The van der Waals surface area contributed by atoms with Crippen molar-refractivity contribution in [1.29, 1.82) is 0 Å². The maximum Gasteiger partial charge on any atom is 0.167 e. The van der Waals surface area contributed by atoms with E-state index in [1.807, 2.05) is 0 Å². The number of pyridine rings is 1. The van der Waals surface area contributed by atoms with E-state index in [0.29, 0.717) is 0 Å². The molecule has 0 amide bonds. The summed E-state index contributed by atoms with van der Waals surface area (Å²) in [6.45, 7) is 0. The number of hydrogen-bond donors (Lipinski definition) is 1. The maximum atomic E-state index is 13.3. The van der Waals surface area contributed by atoms with Crippen molar-refractivity contribution in [3.63, 3.8) is 0 Å². The smallest absolute Gasteiger partial charge is 0.167 e. The zero-order chi connectivity index (χ0) is 12.4. The molecular formula is C11H6ClF3N2. The fourth-order valence-corrected chi connectivity index (χ4v) is 1.41. The van der Waals surface area contributed by atoms with E-state index in [-0.39, 0.29) is 16.5 Å². The highest BCUT2D eigenvalue weighted by atomic mass is 35.5. The molecule has 0 aliphatic heterocycles. The summed E-state index contributed by atoms with van der Waals surface area (Å²) >= 11 is 5.52. The third kappa shape index (κ3) is 2.88. The first kappa shape index (κ1) is 11.7. The zero-order valence-corrected chi connectivity index (χ0v) is 9.10. The Morgan fingerprint density at radius 2 is 1.65 bits per heavy atom. The first-order chi connectivity index (χ1) is 8.04. The number of nitrogens with zero attached hydrogens (tertiary/aromatic N) is 1. The molecule has 0 bridgehead atoms. The summed E-state index contributed by atoms with van der Waals surface area (Å²) in [5.41, 5.74) is 0.0659. The fourth-order valence-electron chi connectivity index (χ4n) is 1.27. The van der Waals surface area contributed by atoms with Crippen LogP contribution in [0.3, 0.4) is 0 Å². The average Bonchev–Trinajstić information content (AvgIpc) is 2.21. The van der Waals surface area contributed by atoms with Gasteiger partial charge in [0.15, 0.2) is 11.6 Å². The molecule has 88 valence electrons. The molecule has 0 spiro atoms. The third-order valence-electron chi connectivity index (χ3n) is 1.93. The molecule has 0 aliphatic carbocycles. The van der Waals surface area contributed by atoms with Gasteiger partial charge in [0.05, 0.1) is 5.02 Å². The summed E-state index contributed by atoms with van der Waals surface area (Å²) in [7, 11) is 0. The molecule has 0 radical (unpaired) electrons. The van der Waals surface area contributed by atoms with E-state index in [9.17, 15) is 13.2 Å². The Balaban J connectivity index is 2.31. The number of hydrogen-bond acceptors (Lipinski definition) is 2. The van der Waals surface area contributed by atoms with E-state index in [1.165, 1.54) is 6.20 Å². The lowest BCUT2D eigenvalue weighted by Crippen LogP contribution is -1.98. The summed E-state index contributed by atoms with van der Waals surface area (Å²) in [6.07, 6.45) is 1.22. The van der Waals surface area contributed by atoms with Gasteiger partial charge in [0.25, 0.3) is 0 Å². The van der Waals surface area contributed by atoms with Crippen LogP contribution < -0.4 is 5.32 Å². The molecule has 6 heteroatoms. The van der Waals surface area contributed by atoms with Crippen molar-refractivity contribution in [2.75, 3.05) is 5.32 Å². The van der Waals surface area contributed by atoms with Gasteiger partial charge in [-0.15, -0.1) is 0 Å². The van der Waals surface area contributed by atoms with Crippen LogP contribution in [0.5, 0.6) is 0 Å². The second kappa shape index (κ2) is 4.63. The molecule has 2 rings (SSSR count). The SMILES string of the molecule is Fc1cc(F)cc(Nc2ncc(Cl)cc2F)c1. The molecular weight excluding hydrogens is 253 g/mol. The predicted octanol–water partition coefficient (Wildman–Crippen LogP) is 3.90. The number of aromatic nitrogens is 1. The molecule has 2 nitrogen and oxygen atoms in total. The van der Waals surface area contributed by atoms with Crippen molar-refractivity contribution in [3.8, 4) is 0 Å². The van der Waals surface area contributed by atoms with Crippen LogP contribution >= 0.6 is 11.6 Å². The van der Waals surface area contributed by atoms with Crippen LogP contribution in [0.25, 0.3) is 0 Å². The molecule has 0 atom stereocenters. The van der Waals surface area contributed by atoms with Gasteiger partial charge < -0.3 is 5.32 Å². The van der Waals surface area contributed by atoms with Crippen LogP contribution in [0.1, 0.15) is 0 Å². The predicted molar refractivity (Wildman–Crippen MR) is 58.8 cm³/mol. The van der Waals surface area contributed by atoms with E-state index in [0.717, 1.165) is 24.3 Å². The van der Waals surface area contributed by atoms with E-state index < -0.39 is 17.5 Å². The van der Waals surface area contributed by atoms with Crippen LogP contribution in [-0.2, 0) is 0 Å². The summed E-state index contributed by atoms with van der Waals surface area (Å²) in [5.74, 6) is -2.38. The van der Waals surface area contributed by atoms with E-state index in [1.54, 1.807) is 0 Å². The second-order valence-corrected chi connectivity index (χ2v) is 3.70. The quantitative estimate of drug-likeness (QED) is 0.884. The molecule has 1 aromatic heterocycles. The van der Waals surface area contributed by atoms with Crippen molar-refractivity contribution in [1.82, 2.24) is 4.98 Å². The van der Waals surface area contributed by atoms with Gasteiger partial charge in [0, 0.05) is 18.0 Å². The number of benzene rings is 1. The van der Waals surface area contributed by atoms with Crippen molar-refractivity contribution in [3.05, 3.63) is 52.9 Å². The van der Waals surface area contributed by atoms with E-state index >= 15 is 0 Å². The minimum atomic E-state index is -0.762. The Morgan fingerprint density at radius 1 is 1.00 bits per heavy atom. The van der Waals surface area contributed by atoms with Crippen LogP contribution in [0.2, 0.25) is 5.02 Å². The summed E-state index contributed by atoms with van der Waals surface area (Å²) < 4.78 is 39.1. The average molecular weight is 259 g/mol. The Bertz CT molecular complexity index is 540. The van der Waals surface area contributed by atoms with Crippen molar-refractivity contribution in [2.45, 2.75) is 0 Å². The highest BCUT2D eigenvalue weighted by Gasteiger charge is 2.06. The Hall–Kier alpha value is -1.75. The lowest BCUT2D eigenvalue weighted by Gasteiger charge is -2.06. The van der Waals surface area contributed by atoms with Gasteiger partial charge >= 0.3 is 0 Å². The standard InChI is InChI=1S/C11H6ClF3N2/c12-6-1-10(15)11(16-5-6)17-9-3-7(13)2-8(14)4-9/h1-5H,(H,16,17). The first-order valence-electron chi connectivity index (χ1n) is 4.59. The number of rotatable bonds is 2. The first-order valence-corrected chi connectivity index (χ1v) is 4.96. The van der Waals surface area contributed by atoms with Gasteiger partial charge in [0.1, 0.15) is 11.6 Å². The molecule has 0 unspecified atom stereocenters. The Labute approximate surface area is 100 Å². The molecule has 0 aliphatic rings. The van der Waals surface area contributed by atoms with Crippen molar-refractivity contribution >= 4 is 23.1 Å².